The Hall–Kier alpha value is -2.67. The summed E-state index contributed by atoms with van der Waals surface area (Å²) in [5.74, 6) is -0.980. The van der Waals surface area contributed by atoms with Gasteiger partial charge in [-0.1, -0.05) is 48.0 Å². The fourth-order valence-corrected chi connectivity index (χ4v) is 4.72. The van der Waals surface area contributed by atoms with Crippen LogP contribution in [0.15, 0.2) is 59.5 Å². The zero-order chi connectivity index (χ0) is 19.4. The van der Waals surface area contributed by atoms with Crippen molar-refractivity contribution in [2.75, 3.05) is 6.54 Å². The molecule has 27 heavy (non-hydrogen) atoms. The minimum Gasteiger partial charge on any atom is -0.354 e. The molecule has 0 saturated carbocycles. The van der Waals surface area contributed by atoms with Gasteiger partial charge in [0, 0.05) is 13.0 Å². The highest BCUT2D eigenvalue weighted by atomic mass is 32.2. The summed E-state index contributed by atoms with van der Waals surface area (Å²) >= 11 is 0. The number of hydrogen-bond acceptors (Lipinski definition) is 4. The molecule has 6 nitrogen and oxygen atoms in total. The minimum absolute atomic E-state index is 0.0189. The second kappa shape index (κ2) is 7.92. The van der Waals surface area contributed by atoms with Crippen LogP contribution in [0.25, 0.3) is 0 Å². The number of rotatable bonds is 6. The number of hydrogen-bond donors (Lipinski definition) is 1. The van der Waals surface area contributed by atoms with E-state index in [9.17, 15) is 18.0 Å². The van der Waals surface area contributed by atoms with E-state index < -0.39 is 27.9 Å². The van der Waals surface area contributed by atoms with Crippen LogP contribution in [0.4, 0.5) is 0 Å². The zero-order valence-electron chi connectivity index (χ0n) is 15.1. The van der Waals surface area contributed by atoms with E-state index in [-0.39, 0.29) is 17.7 Å². The average Bonchev–Trinajstić information content (AvgIpc) is 3.05. The number of amides is 2. The molecule has 2 aromatic carbocycles. The Morgan fingerprint density at radius 1 is 1.11 bits per heavy atom. The monoisotopic (exact) mass is 386 g/mol. The first-order chi connectivity index (χ1) is 12.9. The quantitative estimate of drug-likeness (QED) is 0.823. The minimum atomic E-state index is -4.05. The summed E-state index contributed by atoms with van der Waals surface area (Å²) in [6.07, 6.45) is 0.876. The van der Waals surface area contributed by atoms with Gasteiger partial charge in [-0.3, -0.25) is 9.59 Å². The van der Waals surface area contributed by atoms with Gasteiger partial charge in [-0.25, -0.2) is 12.7 Å². The summed E-state index contributed by atoms with van der Waals surface area (Å²) in [7, 11) is -4.05. The number of nitrogens with one attached hydrogen (secondary N) is 1. The van der Waals surface area contributed by atoms with Crippen molar-refractivity contribution in [1.29, 1.82) is 0 Å². The van der Waals surface area contributed by atoms with E-state index in [0.29, 0.717) is 13.0 Å². The molecule has 1 aliphatic rings. The van der Waals surface area contributed by atoms with Gasteiger partial charge in [-0.2, -0.15) is 0 Å². The SMILES string of the molecule is Cc1ccc(S(=O)(=O)N2C(=O)CC[C@H]2C(=O)NCCc2ccccc2)cc1. The van der Waals surface area contributed by atoms with Crippen molar-refractivity contribution in [2.45, 2.75) is 37.1 Å². The molecule has 2 amide bonds. The lowest BCUT2D eigenvalue weighted by atomic mass is 10.1. The maximum absolute atomic E-state index is 12.9. The van der Waals surface area contributed by atoms with Crippen LogP contribution < -0.4 is 5.32 Å². The van der Waals surface area contributed by atoms with Crippen molar-refractivity contribution >= 4 is 21.8 Å². The Morgan fingerprint density at radius 2 is 1.78 bits per heavy atom. The normalized spacial score (nSPS) is 17.1. The Labute approximate surface area is 159 Å². The van der Waals surface area contributed by atoms with Gasteiger partial charge in [0.2, 0.25) is 11.8 Å². The molecular formula is C20H22N2O4S. The lowest BCUT2D eigenvalue weighted by Crippen LogP contribution is -2.47. The molecule has 0 spiro atoms. The molecule has 3 rings (SSSR count). The summed E-state index contributed by atoms with van der Waals surface area (Å²) in [6.45, 7) is 2.23. The fourth-order valence-electron chi connectivity index (χ4n) is 3.12. The lowest BCUT2D eigenvalue weighted by molar-refractivity contribution is -0.130. The molecule has 7 heteroatoms. The van der Waals surface area contributed by atoms with Crippen LogP contribution in [0, 0.1) is 6.92 Å². The molecule has 2 aromatic rings. The second-order valence-corrected chi connectivity index (χ2v) is 8.40. The van der Waals surface area contributed by atoms with Crippen LogP contribution in [0.5, 0.6) is 0 Å². The Kier molecular flexibility index (Phi) is 5.60. The smallest absolute Gasteiger partial charge is 0.267 e. The molecule has 0 aliphatic carbocycles. The zero-order valence-corrected chi connectivity index (χ0v) is 15.9. The molecule has 0 unspecified atom stereocenters. The Morgan fingerprint density at radius 3 is 2.44 bits per heavy atom. The first kappa shape index (κ1) is 19.1. The first-order valence-corrected chi connectivity index (χ1v) is 10.3. The van der Waals surface area contributed by atoms with Crippen molar-refractivity contribution in [1.82, 2.24) is 9.62 Å². The van der Waals surface area contributed by atoms with Crippen LogP contribution in [0.2, 0.25) is 0 Å². The molecule has 0 bridgehead atoms. The van der Waals surface area contributed by atoms with E-state index in [1.54, 1.807) is 12.1 Å². The molecule has 0 radical (unpaired) electrons. The molecule has 1 atom stereocenters. The summed E-state index contributed by atoms with van der Waals surface area (Å²) in [5, 5.41) is 2.76. The van der Waals surface area contributed by atoms with E-state index in [0.717, 1.165) is 15.4 Å². The number of benzene rings is 2. The van der Waals surface area contributed by atoms with E-state index in [1.807, 2.05) is 37.3 Å². The van der Waals surface area contributed by atoms with Crippen LogP contribution in [0.1, 0.15) is 24.0 Å². The third kappa shape index (κ3) is 4.19. The summed E-state index contributed by atoms with van der Waals surface area (Å²) in [5.41, 5.74) is 1.99. The number of carbonyl (C=O) groups is 2. The van der Waals surface area contributed by atoms with Crippen LogP contribution >= 0.6 is 0 Å². The van der Waals surface area contributed by atoms with Crippen LogP contribution in [0.3, 0.4) is 0 Å². The molecular weight excluding hydrogens is 364 g/mol. The highest BCUT2D eigenvalue weighted by molar-refractivity contribution is 7.89. The summed E-state index contributed by atoms with van der Waals surface area (Å²) in [4.78, 5) is 24.8. The largest absolute Gasteiger partial charge is 0.354 e. The number of nitrogens with zero attached hydrogens (tertiary/aromatic N) is 1. The highest BCUT2D eigenvalue weighted by Crippen LogP contribution is 2.27. The van der Waals surface area contributed by atoms with E-state index in [2.05, 4.69) is 5.32 Å². The fraction of sp³-hybridized carbons (Fsp3) is 0.300. The van der Waals surface area contributed by atoms with Crippen molar-refractivity contribution in [3.05, 3.63) is 65.7 Å². The highest BCUT2D eigenvalue weighted by Gasteiger charge is 2.44. The van der Waals surface area contributed by atoms with Crippen molar-refractivity contribution < 1.29 is 18.0 Å². The van der Waals surface area contributed by atoms with E-state index in [1.165, 1.54) is 12.1 Å². The molecule has 142 valence electrons. The maximum atomic E-state index is 12.9. The molecule has 1 fully saturated rings. The van der Waals surface area contributed by atoms with Gasteiger partial charge >= 0.3 is 0 Å². The second-order valence-electron chi connectivity index (χ2n) is 6.59. The number of carbonyl (C=O) groups excluding carboxylic acids is 2. The lowest BCUT2D eigenvalue weighted by Gasteiger charge is -2.23. The van der Waals surface area contributed by atoms with Gasteiger partial charge in [-0.15, -0.1) is 0 Å². The Bertz CT molecular complexity index is 924. The predicted molar refractivity (Wildman–Crippen MR) is 101 cm³/mol. The van der Waals surface area contributed by atoms with Gasteiger partial charge in [0.05, 0.1) is 4.90 Å². The molecule has 1 aliphatic heterocycles. The Balaban J connectivity index is 1.71. The topological polar surface area (TPSA) is 83.6 Å². The standard InChI is InChI=1S/C20H22N2O4S/c1-15-7-9-17(10-8-15)27(25,26)22-18(11-12-19(22)23)20(24)21-14-13-16-5-3-2-4-6-16/h2-10,18H,11-14H2,1H3,(H,21,24)/t18-/m0/s1. The van der Waals surface area contributed by atoms with Crippen LogP contribution in [-0.4, -0.2) is 37.1 Å². The first-order valence-electron chi connectivity index (χ1n) is 8.85. The predicted octanol–water partition coefficient (Wildman–Crippen LogP) is 2.03. The van der Waals surface area contributed by atoms with Crippen molar-refractivity contribution in [3.63, 3.8) is 0 Å². The van der Waals surface area contributed by atoms with Crippen molar-refractivity contribution in [3.8, 4) is 0 Å². The maximum Gasteiger partial charge on any atom is 0.267 e. The molecule has 0 aromatic heterocycles. The number of sulfonamides is 1. The molecule has 1 saturated heterocycles. The van der Waals surface area contributed by atoms with E-state index >= 15 is 0 Å². The number of aryl methyl sites for hydroxylation is 1. The molecule has 1 N–H and O–H groups in total. The van der Waals surface area contributed by atoms with Crippen molar-refractivity contribution in [2.24, 2.45) is 0 Å². The van der Waals surface area contributed by atoms with Gasteiger partial charge < -0.3 is 5.32 Å². The molecule has 1 heterocycles. The van der Waals surface area contributed by atoms with Crippen LogP contribution in [-0.2, 0) is 26.0 Å². The summed E-state index contributed by atoms with van der Waals surface area (Å²) < 4.78 is 26.5. The summed E-state index contributed by atoms with van der Waals surface area (Å²) in [6, 6.07) is 14.9. The van der Waals surface area contributed by atoms with Gasteiger partial charge in [0.25, 0.3) is 10.0 Å². The van der Waals surface area contributed by atoms with Gasteiger partial charge in [0.15, 0.2) is 0 Å². The van der Waals surface area contributed by atoms with E-state index in [4.69, 9.17) is 0 Å². The average molecular weight is 386 g/mol. The van der Waals surface area contributed by atoms with Gasteiger partial charge in [0.1, 0.15) is 6.04 Å². The third-order valence-corrected chi connectivity index (χ3v) is 6.44. The third-order valence-electron chi connectivity index (χ3n) is 4.60. The van der Waals surface area contributed by atoms with Gasteiger partial charge in [-0.05, 0) is 37.5 Å².